The van der Waals surface area contributed by atoms with Gasteiger partial charge in [0.1, 0.15) is 0 Å². The number of carboxylic acids is 4. The van der Waals surface area contributed by atoms with E-state index in [4.69, 9.17) is 20.4 Å². The summed E-state index contributed by atoms with van der Waals surface area (Å²) in [5, 5.41) is 32.4. The molecule has 0 amide bonds. The van der Waals surface area contributed by atoms with Gasteiger partial charge >= 0.3 is 99.4 Å². The van der Waals surface area contributed by atoms with Crippen LogP contribution < -0.4 is 5.73 Å². The van der Waals surface area contributed by atoms with E-state index in [1.165, 1.54) is 0 Å². The van der Waals surface area contributed by atoms with E-state index in [0.717, 1.165) is 4.90 Å². The van der Waals surface area contributed by atoms with Crippen LogP contribution in [0.4, 0.5) is 0 Å². The molecule has 0 aliphatic carbocycles. The van der Waals surface area contributed by atoms with E-state index < -0.39 is 43.5 Å². The molecule has 0 aromatic carbocycles. The first-order chi connectivity index (χ1) is 8.18. The maximum absolute atomic E-state index is 10.1. The molecule has 0 radical (unpaired) electrons. The van der Waals surface area contributed by atoms with Gasteiger partial charge in [0.2, 0.25) is 0 Å². The summed E-state index contributed by atoms with van der Waals surface area (Å²) < 4.78 is 0. The van der Waals surface area contributed by atoms with Gasteiger partial charge in [-0.25, -0.2) is 0 Å². The minimum atomic E-state index is -1.26. The van der Waals surface area contributed by atoms with Gasteiger partial charge in [0.25, 0.3) is 0 Å². The van der Waals surface area contributed by atoms with Crippen molar-refractivity contribution in [3.8, 4) is 0 Å². The molecule has 20 heavy (non-hydrogen) atoms. The van der Waals surface area contributed by atoms with Crippen molar-refractivity contribution >= 4 is 99.4 Å². The molecule has 10 nitrogen and oxygen atoms in total. The van der Waals surface area contributed by atoms with Crippen molar-refractivity contribution in [1.82, 2.24) is 4.90 Å². The van der Waals surface area contributed by atoms with Crippen molar-refractivity contribution in [2.75, 3.05) is 26.2 Å². The predicted molar refractivity (Wildman–Crippen MR) is 72.0 cm³/mol. The third kappa shape index (κ3) is 26.8. The maximum atomic E-state index is 10.1. The smallest absolute Gasteiger partial charge is 1.00 e. The molecule has 0 rings (SSSR count). The van der Waals surface area contributed by atoms with E-state index in [-0.39, 0.29) is 87.7 Å². The molecule has 112 valence electrons. The number of rotatable bonds is 7. The molecule has 0 aromatic heterocycles. The zero-order valence-corrected chi connectivity index (χ0v) is 15.1. The van der Waals surface area contributed by atoms with Crippen LogP contribution in [0.2, 0.25) is 0 Å². The number of aliphatic carboxylic acids is 4. The zero-order valence-electron chi connectivity index (χ0n) is 14.7. The molecule has 0 unspecified atom stereocenters. The maximum Gasteiger partial charge on any atom is 2.00 e. The molecule has 0 spiro atoms. The first-order valence-electron chi connectivity index (χ1n) is 4.48. The summed E-state index contributed by atoms with van der Waals surface area (Å²) in [5.41, 5.74) is 4.57. The molecule has 0 fully saturated rings. The zero-order chi connectivity index (χ0) is 14.7. The van der Waals surface area contributed by atoms with Crippen LogP contribution in [0.1, 0.15) is 5.71 Å². The Bertz CT molecular complexity index is 303. The van der Waals surface area contributed by atoms with Crippen LogP contribution in [-0.4, -0.2) is 151 Å². The van der Waals surface area contributed by atoms with Crippen molar-refractivity contribution in [2.24, 2.45) is 5.73 Å². The summed E-state index contributed by atoms with van der Waals surface area (Å²) in [6, 6.07) is 0. The number of nitrogens with zero attached hydrogens (tertiary/aromatic N) is 1. The second-order valence-electron chi connectivity index (χ2n) is 2.92. The van der Waals surface area contributed by atoms with Crippen molar-refractivity contribution in [3.63, 3.8) is 0 Å². The van der Waals surface area contributed by atoms with Gasteiger partial charge in [-0.2, -0.15) is 0 Å². The van der Waals surface area contributed by atoms with Gasteiger partial charge in [0, 0.05) is 0 Å². The Morgan fingerprint density at radius 1 is 0.750 bits per heavy atom. The van der Waals surface area contributed by atoms with Crippen LogP contribution in [0, 0.1) is 0 Å². The minimum Gasteiger partial charge on any atom is -1.00 e. The first-order valence-corrected chi connectivity index (χ1v) is 4.48. The monoisotopic (exact) mass is 350 g/mol. The Balaban J connectivity index is -0.0000000347. The van der Waals surface area contributed by atoms with Crippen molar-refractivity contribution in [2.45, 2.75) is 0 Å². The van der Waals surface area contributed by atoms with Gasteiger partial charge in [-0.15, -0.1) is 0 Å². The number of carbonyl (C=O) groups is 4. The van der Waals surface area contributed by atoms with Gasteiger partial charge in [0.15, 0.2) is 0 Å². The summed E-state index contributed by atoms with van der Waals surface area (Å²) in [4.78, 5) is 40.5. The molecule has 0 aromatic rings. The molecule has 0 bridgehead atoms. The van der Waals surface area contributed by atoms with Gasteiger partial charge in [0.05, 0.1) is 26.2 Å². The Morgan fingerprint density at radius 3 is 1.05 bits per heavy atom. The summed E-state index contributed by atoms with van der Waals surface area (Å²) in [6.07, 6.45) is 0. The molecule has 0 saturated heterocycles. The normalized spacial score (nSPS) is 8.30. The van der Waals surface area contributed by atoms with Crippen LogP contribution >= 0.6 is 0 Å². The van der Waals surface area contributed by atoms with Gasteiger partial charge in [-0.3, -0.25) is 24.1 Å². The summed E-state index contributed by atoms with van der Waals surface area (Å²) in [5.74, 6) is -4.75. The molecule has 0 atom stereocenters. The number of nitrogens with two attached hydrogens (primary N) is 1. The summed E-state index contributed by atoms with van der Waals surface area (Å²) in [6.45, 7) is -2.07. The standard InChI is InChI=1S/C6H9NO6.C2H5NO2.2Ca.4H/c8-4(9)1-7(2-5(10)11)3-6(12)13;3-1-2(4)5;;;;;;/h1-3H2,(H,8,9)(H,10,11)(H,12,13);1,3H2,(H,4,5);;;;;;/q;;2*+2;4*-1. The van der Waals surface area contributed by atoms with Crippen molar-refractivity contribution in [3.05, 3.63) is 0 Å². The van der Waals surface area contributed by atoms with Gasteiger partial charge in [-0.1, -0.05) is 0 Å². The quantitative estimate of drug-likeness (QED) is 0.302. The van der Waals surface area contributed by atoms with Crippen LogP contribution in [0.25, 0.3) is 0 Å². The van der Waals surface area contributed by atoms with Crippen molar-refractivity contribution in [1.29, 1.82) is 0 Å². The van der Waals surface area contributed by atoms with Gasteiger partial charge < -0.3 is 31.9 Å². The third-order valence-corrected chi connectivity index (χ3v) is 1.25. The Kier molecular flexibility index (Phi) is 24.7. The second kappa shape index (κ2) is 17.4. The molecule has 6 N–H and O–H groups in total. The van der Waals surface area contributed by atoms with Crippen molar-refractivity contribution < 1.29 is 45.3 Å². The fourth-order valence-electron chi connectivity index (χ4n) is 0.742. The first kappa shape index (κ1) is 28.5. The van der Waals surface area contributed by atoms with E-state index >= 15 is 0 Å². The molecular weight excluding hydrogens is 332 g/mol. The molecular formula is C8H18Ca2N2O8. The van der Waals surface area contributed by atoms with E-state index in [2.05, 4.69) is 5.73 Å². The Labute approximate surface area is 179 Å². The fraction of sp³-hybridized carbons (Fsp3) is 0.500. The molecule has 0 saturated carbocycles. The average molecular weight is 350 g/mol. The number of carboxylic acid groups (broad SMARTS) is 4. The average Bonchev–Trinajstić information content (AvgIpc) is 2.14. The van der Waals surface area contributed by atoms with Crippen LogP contribution in [-0.2, 0) is 19.2 Å². The molecule has 0 aliphatic heterocycles. The van der Waals surface area contributed by atoms with E-state index in [1.54, 1.807) is 0 Å². The van der Waals surface area contributed by atoms with Crippen LogP contribution in [0.15, 0.2) is 0 Å². The molecule has 12 heteroatoms. The summed E-state index contributed by atoms with van der Waals surface area (Å²) >= 11 is 0. The molecule has 0 aliphatic rings. The minimum absolute atomic E-state index is 0. The topological polar surface area (TPSA) is 178 Å². The second-order valence-corrected chi connectivity index (χ2v) is 2.92. The number of hydrogen-bond donors (Lipinski definition) is 5. The van der Waals surface area contributed by atoms with E-state index in [0.29, 0.717) is 0 Å². The predicted octanol–water partition coefficient (Wildman–Crippen LogP) is -2.74. The van der Waals surface area contributed by atoms with E-state index in [9.17, 15) is 19.2 Å². The Hall–Kier alpha value is 0.319. The summed E-state index contributed by atoms with van der Waals surface area (Å²) in [7, 11) is 0. The third-order valence-electron chi connectivity index (χ3n) is 1.25. The SMILES string of the molecule is NCC(=O)O.O=C(O)CN(CC(=O)O)CC(=O)O.[Ca+2].[Ca+2].[H-].[H-].[H-].[H-]. The number of hydrogen-bond acceptors (Lipinski definition) is 6. The fourth-order valence-corrected chi connectivity index (χ4v) is 0.742. The molecule has 0 heterocycles. The van der Waals surface area contributed by atoms with Crippen LogP contribution in [0.3, 0.4) is 0 Å². The largest absolute Gasteiger partial charge is 2.00 e. The van der Waals surface area contributed by atoms with E-state index in [1.807, 2.05) is 0 Å². The van der Waals surface area contributed by atoms with Crippen LogP contribution in [0.5, 0.6) is 0 Å². The Morgan fingerprint density at radius 2 is 0.950 bits per heavy atom. The van der Waals surface area contributed by atoms with Gasteiger partial charge in [-0.05, 0) is 0 Å².